The van der Waals surface area contributed by atoms with E-state index in [0.717, 1.165) is 73.1 Å². The number of benzene rings is 9. The highest BCUT2D eigenvalue weighted by Crippen LogP contribution is 2.54. The summed E-state index contributed by atoms with van der Waals surface area (Å²) in [7, 11) is 2.24. The highest BCUT2D eigenvalue weighted by atomic mass is 16.3. The second kappa shape index (κ2) is 15.2. The molecule has 0 saturated heterocycles. The molecule has 4 aromatic heterocycles. The van der Waals surface area contributed by atoms with Gasteiger partial charge in [0.15, 0.2) is 17.3 Å². The van der Waals surface area contributed by atoms with Gasteiger partial charge in [-0.05, 0) is 90.9 Å². The average Bonchev–Trinajstić information content (AvgIpc) is 4.15. The number of likely N-dealkylation sites (N-methyl/N-ethyl adjacent to an activating group) is 1. The van der Waals surface area contributed by atoms with Crippen molar-refractivity contribution in [1.29, 1.82) is 0 Å². The van der Waals surface area contributed by atoms with Gasteiger partial charge in [0.25, 0.3) is 0 Å². The van der Waals surface area contributed by atoms with Crippen LogP contribution in [0.1, 0.15) is 23.5 Å². The van der Waals surface area contributed by atoms with E-state index in [-0.39, 0.29) is 5.92 Å². The summed E-state index contributed by atoms with van der Waals surface area (Å²) in [5, 5.41) is 6.99. The van der Waals surface area contributed by atoms with E-state index >= 15 is 0 Å². The van der Waals surface area contributed by atoms with Crippen LogP contribution in [-0.4, -0.2) is 31.1 Å². The Hall–Kier alpha value is -9.17. The zero-order valence-corrected chi connectivity index (χ0v) is 38.7. The molecule has 7 nitrogen and oxygen atoms in total. The molecule has 0 N–H and O–H groups in total. The van der Waals surface area contributed by atoms with E-state index in [2.05, 4.69) is 229 Å². The van der Waals surface area contributed by atoms with Crippen molar-refractivity contribution in [3.8, 4) is 34.2 Å². The molecular formula is C64H43N6O+. The van der Waals surface area contributed by atoms with Crippen molar-refractivity contribution in [1.82, 2.24) is 28.6 Å². The van der Waals surface area contributed by atoms with E-state index in [0.29, 0.717) is 22.1 Å². The second-order valence-electron chi connectivity index (χ2n) is 19.0. The van der Waals surface area contributed by atoms with Gasteiger partial charge in [-0.2, -0.15) is 14.5 Å². The molecular weight excluding hydrogens is 869 g/mol. The van der Waals surface area contributed by atoms with E-state index in [1.54, 1.807) is 0 Å². The number of hydrogen-bond donors (Lipinski definition) is 0. The summed E-state index contributed by atoms with van der Waals surface area (Å²) in [6.07, 6.45) is 5.56. The maximum absolute atomic E-state index is 6.45. The first-order valence-electron chi connectivity index (χ1n) is 24.3. The number of para-hydroxylation sites is 5. The minimum absolute atomic E-state index is 0.260. The summed E-state index contributed by atoms with van der Waals surface area (Å²) in [5.74, 6) is 2.08. The van der Waals surface area contributed by atoms with Crippen LogP contribution in [0.4, 0.5) is 11.6 Å². The first-order chi connectivity index (χ1) is 35.1. The van der Waals surface area contributed by atoms with Gasteiger partial charge in [0.1, 0.15) is 16.9 Å². The quantitative estimate of drug-likeness (QED) is 0.156. The zero-order valence-electron chi connectivity index (χ0n) is 38.7. The standard InChI is InChI=1S/C64H43N6O/c1-70(58-29-14-10-25-48(58)53-36-41(32-34-59(53)70)40-17-4-2-5-18-40)64-66-62(65-63(67-64)43-31-33-50-49-26-11-15-30-60(49)71-61(50)37-43)42-19-16-22-45(35-42)69-55-28-13-9-24-47(55)52-38-51-46-23-8-12-27-54(46)68(56(51)39-57(52)69)44-20-6-3-7-21-44/h2-35,37-39,41H,36H2,1H3/q+1. The van der Waals surface area contributed by atoms with Crippen LogP contribution in [0.2, 0.25) is 0 Å². The van der Waals surface area contributed by atoms with Crippen molar-refractivity contribution in [3.63, 3.8) is 0 Å². The van der Waals surface area contributed by atoms with E-state index in [4.69, 9.17) is 19.4 Å². The molecule has 2 unspecified atom stereocenters. The fourth-order valence-corrected chi connectivity index (χ4v) is 11.8. The van der Waals surface area contributed by atoms with Crippen LogP contribution in [-0.2, 0) is 0 Å². The molecule has 0 bridgehead atoms. The van der Waals surface area contributed by atoms with Gasteiger partial charge < -0.3 is 13.6 Å². The summed E-state index contributed by atoms with van der Waals surface area (Å²) >= 11 is 0. The Morgan fingerprint density at radius 1 is 0.465 bits per heavy atom. The SMILES string of the molecule is C[N+]1(c2nc(-c3cccc(-n4c5ccccc5c5cc6c7ccccc7n(-c7ccccc7)c6cc54)c3)nc(-c3ccc4c(c3)oc3ccccc34)n2)C2=C(CC(c3ccccc3)C=C2)c2ccccc21. The number of nitrogens with zero attached hydrogens (tertiary/aromatic N) is 6. The lowest BCUT2D eigenvalue weighted by atomic mass is 9.85. The largest absolute Gasteiger partial charge is 0.456 e. The third-order valence-electron chi connectivity index (χ3n) is 15.1. The van der Waals surface area contributed by atoms with E-state index in [1.165, 1.54) is 49.5 Å². The van der Waals surface area contributed by atoms with Crippen LogP contribution in [0.25, 0.3) is 105 Å². The molecule has 71 heavy (non-hydrogen) atoms. The molecule has 9 aromatic carbocycles. The molecule has 2 atom stereocenters. The van der Waals surface area contributed by atoms with Crippen molar-refractivity contribution in [2.24, 2.45) is 0 Å². The molecule has 0 saturated carbocycles. The van der Waals surface area contributed by atoms with E-state index in [1.807, 2.05) is 12.1 Å². The van der Waals surface area contributed by atoms with Gasteiger partial charge in [0, 0.05) is 77.9 Å². The van der Waals surface area contributed by atoms with Crippen molar-refractivity contribution in [2.75, 3.05) is 7.05 Å². The Kier molecular flexibility index (Phi) is 8.50. The molecule has 5 heterocycles. The van der Waals surface area contributed by atoms with Crippen LogP contribution in [0.15, 0.2) is 235 Å². The highest BCUT2D eigenvalue weighted by molar-refractivity contribution is 6.19. The predicted molar refractivity (Wildman–Crippen MR) is 290 cm³/mol. The van der Waals surface area contributed by atoms with E-state index < -0.39 is 0 Å². The van der Waals surface area contributed by atoms with Crippen molar-refractivity contribution in [3.05, 3.63) is 241 Å². The van der Waals surface area contributed by atoms with Gasteiger partial charge in [0.05, 0.1) is 29.1 Å². The Balaban J connectivity index is 0.943. The summed E-state index contributed by atoms with van der Waals surface area (Å²) in [6, 6.07) is 75.7. The number of rotatable bonds is 6. The lowest BCUT2D eigenvalue weighted by Crippen LogP contribution is -2.38. The van der Waals surface area contributed by atoms with Gasteiger partial charge in [0.2, 0.25) is 0 Å². The molecule has 15 rings (SSSR count). The maximum atomic E-state index is 6.45. The van der Waals surface area contributed by atoms with Crippen molar-refractivity contribution >= 4 is 82.8 Å². The number of fused-ring (bicyclic) bond motifs is 11. The number of furan rings is 1. The maximum Gasteiger partial charge on any atom is 0.343 e. The monoisotopic (exact) mass is 911 g/mol. The van der Waals surface area contributed by atoms with Crippen LogP contribution in [0.3, 0.4) is 0 Å². The number of quaternary nitrogens is 1. The predicted octanol–water partition coefficient (Wildman–Crippen LogP) is 16.0. The van der Waals surface area contributed by atoms with Crippen LogP contribution < -0.4 is 4.48 Å². The van der Waals surface area contributed by atoms with Crippen LogP contribution in [0.5, 0.6) is 0 Å². The normalized spacial score (nSPS) is 16.5. The Bertz CT molecular complexity index is 4410. The lowest BCUT2D eigenvalue weighted by molar-refractivity contribution is 0.551. The summed E-state index contributed by atoms with van der Waals surface area (Å²) in [4.78, 5) is 16.4. The first-order valence-corrected chi connectivity index (χ1v) is 24.3. The highest BCUT2D eigenvalue weighted by Gasteiger charge is 2.47. The molecule has 0 amide bonds. The molecule has 13 aromatic rings. The molecule has 334 valence electrons. The minimum Gasteiger partial charge on any atom is -0.456 e. The number of allylic oxidation sites excluding steroid dienone is 3. The van der Waals surface area contributed by atoms with Gasteiger partial charge in [-0.25, -0.2) is 4.98 Å². The van der Waals surface area contributed by atoms with Gasteiger partial charge in [-0.15, -0.1) is 0 Å². The van der Waals surface area contributed by atoms with Crippen LogP contribution in [0, 0.1) is 0 Å². The van der Waals surface area contributed by atoms with E-state index in [9.17, 15) is 0 Å². The molecule has 1 aliphatic heterocycles. The third kappa shape index (κ3) is 5.90. The first kappa shape index (κ1) is 39.8. The minimum atomic E-state index is 0.260. The summed E-state index contributed by atoms with van der Waals surface area (Å²) < 4.78 is 11.5. The topological polar surface area (TPSA) is 61.7 Å². The zero-order chi connectivity index (χ0) is 46.8. The van der Waals surface area contributed by atoms with Gasteiger partial charge in [-0.3, -0.25) is 0 Å². The molecule has 0 fully saturated rings. The van der Waals surface area contributed by atoms with Crippen molar-refractivity contribution in [2.45, 2.75) is 12.3 Å². The third-order valence-corrected chi connectivity index (χ3v) is 15.1. The molecule has 0 spiro atoms. The smallest absolute Gasteiger partial charge is 0.343 e. The summed E-state index contributed by atoms with van der Waals surface area (Å²) in [6.45, 7) is 0. The Labute approximate surface area is 408 Å². The average molecular weight is 912 g/mol. The lowest BCUT2D eigenvalue weighted by Gasteiger charge is -2.30. The number of hydrogen-bond acceptors (Lipinski definition) is 4. The fraction of sp³-hybridized carbons (Fsp3) is 0.0469. The van der Waals surface area contributed by atoms with Crippen molar-refractivity contribution < 1.29 is 4.42 Å². The molecule has 7 heteroatoms. The van der Waals surface area contributed by atoms with Gasteiger partial charge >= 0.3 is 5.95 Å². The second-order valence-corrected chi connectivity index (χ2v) is 19.0. The Morgan fingerprint density at radius 2 is 1.07 bits per heavy atom. The molecule has 0 radical (unpaired) electrons. The Morgan fingerprint density at radius 3 is 1.83 bits per heavy atom. The number of aromatic nitrogens is 5. The van der Waals surface area contributed by atoms with Gasteiger partial charge in [-0.1, -0.05) is 140 Å². The fourth-order valence-electron chi connectivity index (χ4n) is 11.8. The molecule has 1 aliphatic carbocycles. The van der Waals surface area contributed by atoms with Crippen LogP contribution >= 0.6 is 0 Å². The molecule has 2 aliphatic rings. The summed E-state index contributed by atoms with van der Waals surface area (Å²) in [5.41, 5.74) is 16.3.